The fraction of sp³-hybridized carbons (Fsp3) is 0.159. The van der Waals surface area contributed by atoms with Crippen molar-refractivity contribution in [2.24, 2.45) is 4.99 Å². The molecule has 0 radical (unpaired) electrons. The van der Waals surface area contributed by atoms with Crippen LogP contribution in [-0.2, 0) is 49.2 Å². The van der Waals surface area contributed by atoms with Crippen molar-refractivity contribution in [3.05, 3.63) is 113 Å². The first-order chi connectivity index (χ1) is 32.1. The van der Waals surface area contributed by atoms with Gasteiger partial charge in [-0.1, -0.05) is 72.0 Å². The molecule has 16 nitrogen and oxygen atoms in total. The molecule has 9 rings (SSSR count). The molecule has 0 spiro atoms. The predicted molar refractivity (Wildman–Crippen MR) is 251 cm³/mol. The highest BCUT2D eigenvalue weighted by atomic mass is 32.2. The van der Waals surface area contributed by atoms with Gasteiger partial charge < -0.3 is 14.2 Å². The highest BCUT2D eigenvalue weighted by molar-refractivity contribution is 8.19. The largest absolute Gasteiger partial charge is 0.457 e. The van der Waals surface area contributed by atoms with Gasteiger partial charge in [0.1, 0.15) is 66.6 Å². The molecule has 2 aromatic carbocycles. The molecule has 1 fully saturated rings. The second-order valence-electron chi connectivity index (χ2n) is 13.8. The van der Waals surface area contributed by atoms with Gasteiger partial charge in [0.15, 0.2) is 21.9 Å². The zero-order chi connectivity index (χ0) is 46.3. The summed E-state index contributed by atoms with van der Waals surface area (Å²) >= 11 is 6.42. The van der Waals surface area contributed by atoms with E-state index in [0.29, 0.717) is 44.9 Å². The van der Waals surface area contributed by atoms with Crippen molar-refractivity contribution in [1.82, 2.24) is 19.4 Å². The summed E-state index contributed by atoms with van der Waals surface area (Å²) in [6.45, 7) is 3.40. The number of benzene rings is 2. The molecular formula is C44H25N9O7S6. The summed E-state index contributed by atoms with van der Waals surface area (Å²) in [4.78, 5) is 74.2. The highest BCUT2D eigenvalue weighted by Crippen LogP contribution is 2.60. The maximum atomic E-state index is 15.0. The Balaban J connectivity index is 1.23. The third-order valence-electron chi connectivity index (χ3n) is 10.0. The number of allylic oxidation sites excluding steroid dienone is 1. The van der Waals surface area contributed by atoms with E-state index in [-0.39, 0.29) is 73.2 Å². The molecule has 22 heteroatoms. The molecule has 5 aromatic heterocycles. The van der Waals surface area contributed by atoms with Crippen LogP contribution in [-0.4, -0.2) is 48.9 Å². The second-order valence-corrected chi connectivity index (χ2v) is 19.8. The number of aliphatic imine (C=N–C) groups is 1. The van der Waals surface area contributed by atoms with Crippen molar-refractivity contribution < 1.29 is 28.6 Å². The second kappa shape index (κ2) is 17.9. The van der Waals surface area contributed by atoms with Crippen LogP contribution in [0.3, 0.4) is 0 Å². The van der Waals surface area contributed by atoms with Crippen LogP contribution in [0.2, 0.25) is 0 Å². The van der Waals surface area contributed by atoms with E-state index in [1.54, 1.807) is 68.5 Å². The summed E-state index contributed by atoms with van der Waals surface area (Å²) < 4.78 is 21.3. The van der Waals surface area contributed by atoms with E-state index >= 15 is 9.59 Å². The number of aromatic nitrogens is 3. The molecule has 66 heavy (non-hydrogen) atoms. The lowest BCUT2D eigenvalue weighted by Crippen LogP contribution is -2.52. The minimum atomic E-state index is -2.57. The number of amides is 1. The van der Waals surface area contributed by atoms with Crippen LogP contribution in [0.15, 0.2) is 81.1 Å². The Kier molecular flexibility index (Phi) is 12.0. The number of rotatable bonds is 10. The van der Waals surface area contributed by atoms with E-state index in [1.807, 2.05) is 36.4 Å². The zero-order valence-corrected chi connectivity index (χ0v) is 38.9. The van der Waals surface area contributed by atoms with Gasteiger partial charge in [-0.25, -0.2) is 24.5 Å². The number of fused-ring (bicyclic) bond motifs is 7. The maximum absolute atomic E-state index is 15.0. The topological polar surface area (TPSA) is 237 Å². The molecule has 0 unspecified atom stereocenters. The third kappa shape index (κ3) is 7.45. The number of carbonyl (C=O) groups excluding carboxylic acids is 3. The average Bonchev–Trinajstić information content (AvgIpc) is 4.18. The number of nitrogens with zero attached hydrogens (tertiary/aromatic N) is 9. The maximum Gasteiger partial charge on any atom is 0.367 e. The summed E-state index contributed by atoms with van der Waals surface area (Å²) in [5.41, 5.74) is -2.01. The van der Waals surface area contributed by atoms with Gasteiger partial charge in [0, 0.05) is 13.1 Å². The summed E-state index contributed by atoms with van der Waals surface area (Å²) in [5, 5.41) is 38.9. The SMILES string of the molecule is CCN1C(=O)C(=Nc2nc3sc4c(c3s2)OC(C(=O)OCc2ccccc2)(C(=O)OCc2ccccc2)c2c-4sc3nc(/C=c4\sc(=C(C#N)C#N)n(CC)c4=O)sc23)SC1=C(C#N)C#N. The standard InChI is InChI=1S/C44H25N9O7S6/c1-3-52-37(54)26(61-39(52)24(16-45)17-46)15-27-49-34-31(62-27)28-30(63-34)32-29(33-35(64-32)50-43(65-33)51-36-38(55)53(4-2)40(66-36)25(18-47)19-48)60-44(28,41(56)58-20-22-11-7-5-8-12-22)42(57)59-21-23-13-9-6-10-14-23/h5-15H,3-4,20-21H2,1-2H3/b26-15-,51-36?. The summed E-state index contributed by atoms with van der Waals surface area (Å²) in [6, 6.07) is 25.2. The summed E-state index contributed by atoms with van der Waals surface area (Å²) in [7, 11) is 0. The van der Waals surface area contributed by atoms with Gasteiger partial charge >= 0.3 is 17.5 Å². The lowest BCUT2D eigenvalue weighted by atomic mass is 9.91. The van der Waals surface area contributed by atoms with Crippen LogP contribution in [0.4, 0.5) is 5.13 Å². The van der Waals surface area contributed by atoms with Gasteiger partial charge in [-0.05, 0) is 42.8 Å². The highest BCUT2D eigenvalue weighted by Gasteiger charge is 2.60. The van der Waals surface area contributed by atoms with Gasteiger partial charge in [0.2, 0.25) is 5.13 Å². The van der Waals surface area contributed by atoms with Crippen LogP contribution >= 0.6 is 68.4 Å². The summed E-state index contributed by atoms with van der Waals surface area (Å²) in [5.74, 6) is -2.51. The van der Waals surface area contributed by atoms with Crippen LogP contribution in [0.25, 0.3) is 40.5 Å². The van der Waals surface area contributed by atoms with E-state index in [9.17, 15) is 30.6 Å². The molecule has 0 bridgehead atoms. The minimum absolute atomic E-state index is 0.00471. The molecule has 2 aliphatic rings. The van der Waals surface area contributed by atoms with Crippen LogP contribution in [0, 0.1) is 45.3 Å². The quantitative estimate of drug-likeness (QED) is 0.0768. The normalized spacial score (nSPS) is 14.5. The van der Waals surface area contributed by atoms with Crippen molar-refractivity contribution >= 4 is 127 Å². The minimum Gasteiger partial charge on any atom is -0.457 e. The van der Waals surface area contributed by atoms with Crippen molar-refractivity contribution in [3.8, 4) is 39.8 Å². The Morgan fingerprint density at radius 3 is 1.97 bits per heavy atom. The molecule has 0 atom stereocenters. The molecule has 1 amide bonds. The predicted octanol–water partition coefficient (Wildman–Crippen LogP) is 6.92. The average molecular weight is 984 g/mol. The number of nitriles is 4. The van der Waals surface area contributed by atoms with Crippen molar-refractivity contribution in [3.63, 3.8) is 0 Å². The molecule has 0 N–H and O–H groups in total. The zero-order valence-electron chi connectivity index (χ0n) is 34.0. The molecule has 7 heterocycles. The molecule has 0 aliphatic carbocycles. The number of hydrogen-bond acceptors (Lipinski definition) is 20. The Bertz CT molecular complexity index is 3540. The number of thiazole rings is 3. The monoisotopic (exact) mass is 983 g/mol. The van der Waals surface area contributed by atoms with Crippen LogP contribution < -0.4 is 19.5 Å². The molecule has 324 valence electrons. The van der Waals surface area contributed by atoms with E-state index < -0.39 is 29.0 Å². The first-order valence-corrected chi connectivity index (χ1v) is 24.3. The smallest absolute Gasteiger partial charge is 0.367 e. The van der Waals surface area contributed by atoms with Gasteiger partial charge in [-0.3, -0.25) is 19.1 Å². The van der Waals surface area contributed by atoms with Crippen molar-refractivity contribution in [1.29, 1.82) is 21.0 Å². The van der Waals surface area contributed by atoms with Crippen molar-refractivity contribution in [2.45, 2.75) is 39.2 Å². The van der Waals surface area contributed by atoms with Gasteiger partial charge in [0.25, 0.3) is 11.5 Å². The van der Waals surface area contributed by atoms with E-state index in [4.69, 9.17) is 24.2 Å². The van der Waals surface area contributed by atoms with E-state index in [2.05, 4.69) is 4.99 Å². The Morgan fingerprint density at radius 1 is 0.773 bits per heavy atom. The number of thioether (sulfide) groups is 1. The third-order valence-corrected chi connectivity index (χ3v) is 16.8. The van der Waals surface area contributed by atoms with Gasteiger partial charge in [-0.15, -0.1) is 45.3 Å². The Labute approximate surface area is 396 Å². The van der Waals surface area contributed by atoms with E-state index in [0.717, 1.165) is 45.8 Å². The molecule has 1 saturated heterocycles. The fourth-order valence-electron chi connectivity index (χ4n) is 6.98. The lowest BCUT2D eigenvalue weighted by Gasteiger charge is -2.33. The molecule has 0 saturated carbocycles. The number of hydrogen-bond donors (Lipinski definition) is 0. The summed E-state index contributed by atoms with van der Waals surface area (Å²) in [6.07, 6.45) is 1.54. The molecule has 2 aliphatic heterocycles. The Morgan fingerprint density at radius 2 is 1.38 bits per heavy atom. The van der Waals surface area contributed by atoms with Gasteiger partial charge in [-0.2, -0.15) is 21.0 Å². The lowest BCUT2D eigenvalue weighted by molar-refractivity contribution is -0.183. The molecular weight excluding hydrogens is 959 g/mol. The fourth-order valence-corrected chi connectivity index (χ4v) is 14.1. The van der Waals surface area contributed by atoms with Crippen LogP contribution in [0.1, 0.15) is 35.5 Å². The van der Waals surface area contributed by atoms with Gasteiger partial charge in [0.05, 0.1) is 24.6 Å². The molecule has 7 aromatic rings. The first-order valence-electron chi connectivity index (χ1n) is 19.4. The number of carbonyl (C=O) groups is 3. The number of thiophene rings is 2. The number of ether oxygens (including phenoxy) is 3. The van der Waals surface area contributed by atoms with Crippen LogP contribution in [0.5, 0.6) is 5.75 Å². The first kappa shape index (κ1) is 43.9. The van der Waals surface area contributed by atoms with E-state index in [1.165, 1.54) is 32.1 Å². The number of esters is 2. The van der Waals surface area contributed by atoms with Crippen molar-refractivity contribution in [2.75, 3.05) is 6.54 Å². The Hall–Kier alpha value is -7.28.